The van der Waals surface area contributed by atoms with Crippen molar-refractivity contribution in [2.24, 2.45) is 0 Å². The van der Waals surface area contributed by atoms with Gasteiger partial charge in [-0.1, -0.05) is 49.7 Å². The molecule has 0 aliphatic rings. The first kappa shape index (κ1) is 21.4. The first-order valence-corrected chi connectivity index (χ1v) is 9.54. The zero-order chi connectivity index (χ0) is 20.7. The summed E-state index contributed by atoms with van der Waals surface area (Å²) in [6.45, 7) is 7.36. The molecule has 0 heterocycles. The van der Waals surface area contributed by atoms with E-state index in [-0.39, 0.29) is 35.5 Å². The second-order valence-corrected chi connectivity index (χ2v) is 6.85. The average Bonchev–Trinajstić information content (AvgIpc) is 2.71. The summed E-state index contributed by atoms with van der Waals surface area (Å²) in [6, 6.07) is 12.2. The Bertz CT molecular complexity index is 869. The van der Waals surface area contributed by atoms with Crippen molar-refractivity contribution in [3.05, 3.63) is 70.3 Å². The van der Waals surface area contributed by atoms with Gasteiger partial charge in [-0.25, -0.2) is 4.79 Å². The van der Waals surface area contributed by atoms with E-state index in [1.807, 2.05) is 45.9 Å². The molecule has 0 aromatic heterocycles. The molecule has 0 fully saturated rings. The molecular weight excluding hydrogens is 354 g/mol. The van der Waals surface area contributed by atoms with Crippen LogP contribution in [-0.4, -0.2) is 30.3 Å². The number of hydrogen-bond acceptors (Lipinski definition) is 4. The molecule has 1 amide bonds. The van der Waals surface area contributed by atoms with Crippen molar-refractivity contribution in [2.75, 3.05) is 6.61 Å². The van der Waals surface area contributed by atoms with Crippen LogP contribution in [0.5, 0.6) is 0 Å². The molecule has 5 nitrogen and oxygen atoms in total. The minimum Gasteiger partial charge on any atom is -0.452 e. The summed E-state index contributed by atoms with van der Waals surface area (Å²) in [7, 11) is 0. The van der Waals surface area contributed by atoms with Crippen LogP contribution in [0.15, 0.2) is 42.5 Å². The smallest absolute Gasteiger partial charge is 0.339 e. The predicted molar refractivity (Wildman–Crippen MR) is 109 cm³/mol. The summed E-state index contributed by atoms with van der Waals surface area (Å²) in [5.74, 6) is -1.27. The molecule has 0 aliphatic heterocycles. The molecule has 2 aromatic carbocycles. The lowest BCUT2D eigenvalue weighted by Gasteiger charge is -2.15. The van der Waals surface area contributed by atoms with Gasteiger partial charge in [0.25, 0.3) is 5.91 Å². The Morgan fingerprint density at radius 1 is 0.929 bits per heavy atom. The highest BCUT2D eigenvalue weighted by molar-refractivity contribution is 6.15. The van der Waals surface area contributed by atoms with Gasteiger partial charge in [0.2, 0.25) is 0 Å². The van der Waals surface area contributed by atoms with Gasteiger partial charge in [0.1, 0.15) is 0 Å². The lowest BCUT2D eigenvalue weighted by atomic mass is 9.94. The van der Waals surface area contributed by atoms with Crippen molar-refractivity contribution in [1.29, 1.82) is 0 Å². The largest absolute Gasteiger partial charge is 0.452 e. The van der Waals surface area contributed by atoms with Gasteiger partial charge in [0.05, 0.1) is 5.56 Å². The Balaban J connectivity index is 2.17. The maximum Gasteiger partial charge on any atom is 0.339 e. The number of aryl methyl sites for hydroxylation is 2. The van der Waals surface area contributed by atoms with Crippen LogP contribution in [0, 0.1) is 13.8 Å². The molecule has 0 bridgehead atoms. The van der Waals surface area contributed by atoms with Crippen molar-refractivity contribution in [3.63, 3.8) is 0 Å². The van der Waals surface area contributed by atoms with E-state index in [9.17, 15) is 14.4 Å². The third kappa shape index (κ3) is 5.28. The number of carbonyl (C=O) groups excluding carboxylic acids is 3. The topological polar surface area (TPSA) is 72.5 Å². The summed E-state index contributed by atoms with van der Waals surface area (Å²) in [5.41, 5.74) is 2.77. The van der Waals surface area contributed by atoms with E-state index >= 15 is 0 Å². The molecule has 0 spiro atoms. The molecule has 5 heteroatoms. The number of ketones is 1. The van der Waals surface area contributed by atoms with Crippen LogP contribution >= 0.6 is 0 Å². The van der Waals surface area contributed by atoms with Gasteiger partial charge in [-0.05, 0) is 44.4 Å². The number of hydrogen-bond donors (Lipinski definition) is 1. The van der Waals surface area contributed by atoms with Gasteiger partial charge in [0.15, 0.2) is 12.4 Å². The standard InChI is InChI=1S/C23H27NO4/c1-5-17(6-2)24-21(25)14-28-23(27)19-10-8-7-9-18(19)22(26)20-13-15(3)11-12-16(20)4/h7-13,17H,5-6,14H2,1-4H3,(H,24,25). The van der Waals surface area contributed by atoms with E-state index in [1.165, 1.54) is 0 Å². The Morgan fingerprint density at radius 3 is 2.21 bits per heavy atom. The van der Waals surface area contributed by atoms with Gasteiger partial charge >= 0.3 is 5.97 Å². The van der Waals surface area contributed by atoms with Crippen LogP contribution in [0.3, 0.4) is 0 Å². The van der Waals surface area contributed by atoms with E-state index in [0.717, 1.165) is 24.0 Å². The highest BCUT2D eigenvalue weighted by Crippen LogP contribution is 2.19. The summed E-state index contributed by atoms with van der Waals surface area (Å²) in [6.07, 6.45) is 1.62. The molecule has 0 saturated heterocycles. The molecule has 28 heavy (non-hydrogen) atoms. The van der Waals surface area contributed by atoms with E-state index in [0.29, 0.717) is 5.56 Å². The molecule has 0 saturated carbocycles. The summed E-state index contributed by atoms with van der Waals surface area (Å²) >= 11 is 0. The summed E-state index contributed by atoms with van der Waals surface area (Å²) in [4.78, 5) is 37.5. The second kappa shape index (κ2) is 9.83. The molecule has 148 valence electrons. The van der Waals surface area contributed by atoms with E-state index in [4.69, 9.17) is 4.74 Å². The Morgan fingerprint density at radius 2 is 1.57 bits per heavy atom. The first-order chi connectivity index (χ1) is 13.4. The molecule has 1 N–H and O–H groups in total. The predicted octanol–water partition coefficient (Wildman–Crippen LogP) is 4.00. The van der Waals surface area contributed by atoms with Crippen LogP contribution in [0.1, 0.15) is 64.1 Å². The zero-order valence-electron chi connectivity index (χ0n) is 16.9. The lowest BCUT2D eigenvalue weighted by molar-refractivity contribution is -0.125. The number of nitrogens with one attached hydrogen (secondary N) is 1. The van der Waals surface area contributed by atoms with Gasteiger partial charge in [-0.3, -0.25) is 9.59 Å². The van der Waals surface area contributed by atoms with Crippen molar-refractivity contribution >= 4 is 17.7 Å². The number of amides is 1. The average molecular weight is 381 g/mol. The maximum absolute atomic E-state index is 13.0. The summed E-state index contributed by atoms with van der Waals surface area (Å²) in [5, 5.41) is 2.82. The highest BCUT2D eigenvalue weighted by Gasteiger charge is 2.21. The monoisotopic (exact) mass is 381 g/mol. The number of rotatable bonds is 8. The number of benzene rings is 2. The van der Waals surface area contributed by atoms with Gasteiger partial charge in [0, 0.05) is 17.2 Å². The van der Waals surface area contributed by atoms with Crippen LogP contribution in [0.2, 0.25) is 0 Å². The molecular formula is C23H27NO4. The maximum atomic E-state index is 13.0. The minimum atomic E-state index is -0.686. The molecule has 0 unspecified atom stereocenters. The van der Waals surface area contributed by atoms with Gasteiger partial charge in [-0.2, -0.15) is 0 Å². The van der Waals surface area contributed by atoms with Crippen molar-refractivity contribution < 1.29 is 19.1 Å². The number of ether oxygens (including phenoxy) is 1. The van der Waals surface area contributed by atoms with Gasteiger partial charge < -0.3 is 10.1 Å². The number of carbonyl (C=O) groups is 3. The van der Waals surface area contributed by atoms with E-state index < -0.39 is 5.97 Å². The Labute approximate surface area is 166 Å². The molecule has 0 aliphatic carbocycles. The lowest BCUT2D eigenvalue weighted by Crippen LogP contribution is -2.37. The molecule has 2 rings (SSSR count). The zero-order valence-corrected chi connectivity index (χ0v) is 16.9. The summed E-state index contributed by atoms with van der Waals surface area (Å²) < 4.78 is 5.16. The van der Waals surface area contributed by atoms with Crippen LogP contribution in [-0.2, 0) is 9.53 Å². The van der Waals surface area contributed by atoms with Crippen LogP contribution < -0.4 is 5.32 Å². The first-order valence-electron chi connectivity index (χ1n) is 9.54. The van der Waals surface area contributed by atoms with E-state index in [2.05, 4.69) is 5.32 Å². The minimum absolute atomic E-state index is 0.0596. The third-order valence-corrected chi connectivity index (χ3v) is 4.71. The SMILES string of the molecule is CCC(CC)NC(=O)COC(=O)c1ccccc1C(=O)c1cc(C)ccc1C. The quantitative estimate of drug-likeness (QED) is 0.554. The molecule has 0 atom stereocenters. The van der Waals surface area contributed by atoms with Crippen LogP contribution in [0.4, 0.5) is 0 Å². The molecule has 2 aromatic rings. The van der Waals surface area contributed by atoms with Crippen molar-refractivity contribution in [3.8, 4) is 0 Å². The van der Waals surface area contributed by atoms with Crippen molar-refractivity contribution in [2.45, 2.75) is 46.6 Å². The fourth-order valence-electron chi connectivity index (χ4n) is 2.96. The van der Waals surface area contributed by atoms with Crippen LogP contribution in [0.25, 0.3) is 0 Å². The normalized spacial score (nSPS) is 10.6. The Kier molecular flexibility index (Phi) is 7.50. The third-order valence-electron chi connectivity index (χ3n) is 4.71. The second-order valence-electron chi connectivity index (χ2n) is 6.85. The number of esters is 1. The Hall–Kier alpha value is -2.95. The fourth-order valence-corrected chi connectivity index (χ4v) is 2.96. The highest BCUT2D eigenvalue weighted by atomic mass is 16.5. The van der Waals surface area contributed by atoms with E-state index in [1.54, 1.807) is 24.3 Å². The van der Waals surface area contributed by atoms with Gasteiger partial charge in [-0.15, -0.1) is 0 Å². The van der Waals surface area contributed by atoms with Crippen molar-refractivity contribution in [1.82, 2.24) is 5.32 Å². The fraction of sp³-hybridized carbons (Fsp3) is 0.348. The molecule has 0 radical (unpaired) electrons.